The van der Waals surface area contributed by atoms with Crippen molar-refractivity contribution in [3.05, 3.63) is 0 Å². The van der Waals surface area contributed by atoms with Gasteiger partial charge in [-0.25, -0.2) is 0 Å². The zero-order valence-corrected chi connectivity index (χ0v) is 7.28. The van der Waals surface area contributed by atoms with Crippen LogP contribution in [0.15, 0.2) is 0 Å². The van der Waals surface area contributed by atoms with Crippen LogP contribution in [0.5, 0.6) is 0 Å². The molecule has 0 radical (unpaired) electrons. The second kappa shape index (κ2) is 10.9. The highest BCUT2D eigenvalue weighted by molar-refractivity contribution is 4.32. The Kier molecular flexibility index (Phi) is 14.1. The fourth-order valence-electron chi connectivity index (χ4n) is 0. The molecule has 0 bridgehead atoms. The van der Waals surface area contributed by atoms with Crippen molar-refractivity contribution < 1.29 is 0 Å². The number of nitrogens with two attached hydrogens (primary N) is 1. The summed E-state index contributed by atoms with van der Waals surface area (Å²) in [6.07, 6.45) is 2.40. The molecule has 0 aliphatic heterocycles. The third-order valence-corrected chi connectivity index (χ3v) is 1.11. The zero-order chi connectivity index (χ0) is 7.70. The molecule has 0 amide bonds. The van der Waals surface area contributed by atoms with Gasteiger partial charge in [-0.2, -0.15) is 0 Å². The largest absolute Gasteiger partial charge is 0.330 e. The molecule has 0 aliphatic carbocycles. The van der Waals surface area contributed by atoms with Crippen LogP contribution in [0.25, 0.3) is 0 Å². The maximum Gasteiger partial charge on any atom is -0.00799 e. The van der Waals surface area contributed by atoms with E-state index in [1.54, 1.807) is 0 Å². The molecule has 0 spiro atoms. The molecular formula is C8H21N. The molecule has 0 fully saturated rings. The molecule has 1 nitrogen and oxygen atoms in total. The first-order valence-corrected chi connectivity index (χ1v) is 3.89. The lowest BCUT2D eigenvalue weighted by molar-refractivity contribution is 0.626. The van der Waals surface area contributed by atoms with Gasteiger partial charge in [0.15, 0.2) is 0 Å². The predicted octanol–water partition coefficient (Wildman–Crippen LogP) is 2.41. The molecule has 0 saturated carbocycles. The van der Waals surface area contributed by atoms with Crippen LogP contribution < -0.4 is 5.73 Å². The van der Waals surface area contributed by atoms with Crippen LogP contribution in [-0.2, 0) is 0 Å². The van der Waals surface area contributed by atoms with Crippen LogP contribution in [0, 0.1) is 5.92 Å². The molecular weight excluding hydrogens is 110 g/mol. The minimum atomic E-state index is 0.819. The lowest BCUT2D eigenvalue weighted by atomic mass is 10.2. The summed E-state index contributed by atoms with van der Waals surface area (Å²) in [5.74, 6) is 0.884. The van der Waals surface area contributed by atoms with Crippen molar-refractivity contribution in [3.63, 3.8) is 0 Å². The average molecular weight is 131 g/mol. The molecule has 2 N–H and O–H groups in total. The Hall–Kier alpha value is -0.0400. The van der Waals surface area contributed by atoms with E-state index in [4.69, 9.17) is 5.73 Å². The van der Waals surface area contributed by atoms with Gasteiger partial charge in [0.2, 0.25) is 0 Å². The first-order chi connectivity index (χ1) is 4.18. The SMILES string of the molecule is CCC(C)C.CCCN. The summed E-state index contributed by atoms with van der Waals surface area (Å²) in [7, 11) is 0. The molecule has 0 unspecified atom stereocenters. The minimum Gasteiger partial charge on any atom is -0.330 e. The lowest BCUT2D eigenvalue weighted by Crippen LogP contribution is -1.93. The van der Waals surface area contributed by atoms with Crippen molar-refractivity contribution in [2.75, 3.05) is 6.54 Å². The summed E-state index contributed by atoms with van der Waals surface area (Å²) < 4.78 is 0. The molecule has 0 heterocycles. The van der Waals surface area contributed by atoms with Crippen molar-refractivity contribution in [2.45, 2.75) is 40.5 Å². The van der Waals surface area contributed by atoms with Gasteiger partial charge in [0.1, 0.15) is 0 Å². The molecule has 0 atom stereocenters. The van der Waals surface area contributed by atoms with E-state index >= 15 is 0 Å². The summed E-state index contributed by atoms with van der Waals surface area (Å²) in [6.45, 7) is 9.52. The molecule has 0 aromatic heterocycles. The molecule has 58 valence electrons. The van der Waals surface area contributed by atoms with Gasteiger partial charge < -0.3 is 5.73 Å². The third-order valence-electron chi connectivity index (χ3n) is 1.11. The molecule has 0 rings (SSSR count). The third kappa shape index (κ3) is 32.3. The van der Waals surface area contributed by atoms with E-state index in [0.717, 1.165) is 18.9 Å². The van der Waals surface area contributed by atoms with Gasteiger partial charge in [0.05, 0.1) is 0 Å². The summed E-state index contributed by atoms with van der Waals surface area (Å²) in [5, 5.41) is 0. The van der Waals surface area contributed by atoms with E-state index in [1.807, 2.05) is 0 Å². The number of hydrogen-bond acceptors (Lipinski definition) is 1. The van der Waals surface area contributed by atoms with E-state index in [0.29, 0.717) is 0 Å². The van der Waals surface area contributed by atoms with E-state index in [-0.39, 0.29) is 0 Å². The molecule has 1 heteroatoms. The Labute approximate surface area is 59.6 Å². The van der Waals surface area contributed by atoms with Crippen molar-refractivity contribution in [1.82, 2.24) is 0 Å². The molecule has 0 saturated heterocycles. The Morgan fingerprint density at radius 1 is 1.22 bits per heavy atom. The second-order valence-corrected chi connectivity index (χ2v) is 2.59. The topological polar surface area (TPSA) is 26.0 Å². The second-order valence-electron chi connectivity index (χ2n) is 2.59. The smallest absolute Gasteiger partial charge is 0.00799 e. The highest BCUT2D eigenvalue weighted by Gasteiger charge is 1.80. The van der Waals surface area contributed by atoms with E-state index in [1.165, 1.54) is 6.42 Å². The monoisotopic (exact) mass is 131 g/mol. The molecule has 0 aromatic carbocycles. The van der Waals surface area contributed by atoms with E-state index in [2.05, 4.69) is 27.7 Å². The first-order valence-electron chi connectivity index (χ1n) is 3.89. The van der Waals surface area contributed by atoms with Crippen molar-refractivity contribution in [1.29, 1.82) is 0 Å². The maximum absolute atomic E-state index is 5.03. The highest BCUT2D eigenvalue weighted by atomic mass is 14.5. The summed E-state index contributed by atoms with van der Waals surface area (Å²) in [5.41, 5.74) is 5.03. The van der Waals surface area contributed by atoms with Crippen LogP contribution in [0.2, 0.25) is 0 Å². The fraction of sp³-hybridized carbons (Fsp3) is 1.00. The molecule has 9 heavy (non-hydrogen) atoms. The van der Waals surface area contributed by atoms with Gasteiger partial charge in [-0.1, -0.05) is 34.1 Å². The van der Waals surface area contributed by atoms with Gasteiger partial charge in [0.25, 0.3) is 0 Å². The predicted molar refractivity (Wildman–Crippen MR) is 44.5 cm³/mol. The van der Waals surface area contributed by atoms with E-state index < -0.39 is 0 Å². The van der Waals surface area contributed by atoms with Crippen LogP contribution in [0.4, 0.5) is 0 Å². The average Bonchev–Trinajstić information content (AvgIpc) is 1.89. The highest BCUT2D eigenvalue weighted by Crippen LogP contribution is 1.93. The van der Waals surface area contributed by atoms with Gasteiger partial charge in [-0.15, -0.1) is 0 Å². The number of rotatable bonds is 2. The summed E-state index contributed by atoms with van der Waals surface area (Å²) >= 11 is 0. The van der Waals surface area contributed by atoms with Crippen molar-refractivity contribution in [3.8, 4) is 0 Å². The van der Waals surface area contributed by atoms with E-state index in [9.17, 15) is 0 Å². The quantitative estimate of drug-likeness (QED) is 0.612. The van der Waals surface area contributed by atoms with Gasteiger partial charge in [0, 0.05) is 0 Å². The van der Waals surface area contributed by atoms with Crippen LogP contribution in [0.3, 0.4) is 0 Å². The molecule has 0 aliphatic rings. The van der Waals surface area contributed by atoms with Crippen LogP contribution >= 0.6 is 0 Å². The van der Waals surface area contributed by atoms with Crippen LogP contribution in [-0.4, -0.2) is 6.54 Å². The van der Waals surface area contributed by atoms with Gasteiger partial charge in [-0.3, -0.25) is 0 Å². The van der Waals surface area contributed by atoms with Gasteiger partial charge in [-0.05, 0) is 18.9 Å². The first kappa shape index (κ1) is 11.7. The minimum absolute atomic E-state index is 0.819. The lowest BCUT2D eigenvalue weighted by Gasteiger charge is -1.90. The Balaban J connectivity index is 0. The number of hydrogen-bond donors (Lipinski definition) is 1. The molecule has 0 aromatic rings. The van der Waals surface area contributed by atoms with Crippen molar-refractivity contribution in [2.24, 2.45) is 11.7 Å². The Morgan fingerprint density at radius 2 is 1.44 bits per heavy atom. The maximum atomic E-state index is 5.03. The van der Waals surface area contributed by atoms with Crippen LogP contribution in [0.1, 0.15) is 40.5 Å². The Bertz CT molecular complexity index is 31.5. The standard InChI is InChI=1S/C5H12.C3H9N/c1-4-5(2)3;1-2-3-4/h5H,4H2,1-3H3;2-4H2,1H3. The Morgan fingerprint density at radius 3 is 1.44 bits per heavy atom. The zero-order valence-electron chi connectivity index (χ0n) is 7.28. The summed E-state index contributed by atoms with van der Waals surface area (Å²) in [6, 6.07) is 0. The van der Waals surface area contributed by atoms with Gasteiger partial charge >= 0.3 is 0 Å². The fourth-order valence-corrected chi connectivity index (χ4v) is 0. The van der Waals surface area contributed by atoms with Crippen molar-refractivity contribution >= 4 is 0 Å². The normalized spacial score (nSPS) is 8.67. The summed E-state index contributed by atoms with van der Waals surface area (Å²) in [4.78, 5) is 0.